The molecule has 3 atom stereocenters. The number of Topliss-reactive ketones (excluding diaryl/α,β-unsaturated/α-hetero) is 1. The van der Waals surface area contributed by atoms with Crippen molar-refractivity contribution in [3.8, 4) is 5.75 Å². The van der Waals surface area contributed by atoms with Crippen molar-refractivity contribution in [2.45, 2.75) is 64.4 Å². The van der Waals surface area contributed by atoms with E-state index in [1.807, 2.05) is 97.9 Å². The van der Waals surface area contributed by atoms with E-state index in [2.05, 4.69) is 40.4 Å². The van der Waals surface area contributed by atoms with Crippen molar-refractivity contribution in [3.05, 3.63) is 127 Å². The van der Waals surface area contributed by atoms with Gasteiger partial charge in [0.2, 0.25) is 5.91 Å². The van der Waals surface area contributed by atoms with Crippen LogP contribution in [-0.2, 0) is 23.5 Å². The van der Waals surface area contributed by atoms with Crippen LogP contribution in [0.5, 0.6) is 5.75 Å². The molecule has 2 aliphatic rings. The third-order valence-electron chi connectivity index (χ3n) is 11.3. The van der Waals surface area contributed by atoms with E-state index in [1.165, 1.54) is 11.0 Å². The summed E-state index contributed by atoms with van der Waals surface area (Å²) < 4.78 is 18.5. The summed E-state index contributed by atoms with van der Waals surface area (Å²) in [7, 11) is -0.751. The molecule has 9 nitrogen and oxygen atoms in total. The van der Waals surface area contributed by atoms with Gasteiger partial charge in [0.05, 0.1) is 23.8 Å². The first-order valence-electron chi connectivity index (χ1n) is 18.9. The maximum absolute atomic E-state index is 15.2. The topological polar surface area (TPSA) is 102 Å². The van der Waals surface area contributed by atoms with E-state index >= 15 is 4.79 Å². The molecule has 0 saturated carbocycles. The van der Waals surface area contributed by atoms with Crippen LogP contribution >= 0.6 is 6.89 Å². The molecule has 2 aliphatic heterocycles. The maximum Gasteiger partial charge on any atom is 0.356 e. The van der Waals surface area contributed by atoms with Crippen molar-refractivity contribution in [2.75, 3.05) is 25.2 Å². The van der Waals surface area contributed by atoms with E-state index in [1.54, 1.807) is 30.1 Å². The molecule has 2 heterocycles. The van der Waals surface area contributed by atoms with Gasteiger partial charge < -0.3 is 23.7 Å². The number of benzene rings is 4. The lowest BCUT2D eigenvalue weighted by Gasteiger charge is -2.53. The van der Waals surface area contributed by atoms with Gasteiger partial charge in [-0.3, -0.25) is 14.4 Å². The lowest BCUT2D eigenvalue weighted by atomic mass is 9.79. The zero-order valence-corrected chi connectivity index (χ0v) is 35.1. The summed E-state index contributed by atoms with van der Waals surface area (Å²) in [6.07, 6.45) is 0.818. The predicted molar refractivity (Wildman–Crippen MR) is 227 cm³/mol. The molecule has 56 heavy (non-hydrogen) atoms. The molecule has 0 aromatic heterocycles. The fraction of sp³-hybridized carbons (Fsp3) is 0.311. The summed E-state index contributed by atoms with van der Waals surface area (Å²) in [6, 6.07) is 33.6. The Morgan fingerprint density at radius 1 is 0.911 bits per heavy atom. The number of fused-ring (bicyclic) bond motifs is 1. The van der Waals surface area contributed by atoms with Crippen molar-refractivity contribution in [3.63, 3.8) is 0 Å². The lowest BCUT2D eigenvalue weighted by molar-refractivity contribution is -0.156. The summed E-state index contributed by atoms with van der Waals surface area (Å²) in [6.45, 7) is 13.0. The highest BCUT2D eigenvalue weighted by Gasteiger charge is 2.57. The van der Waals surface area contributed by atoms with Gasteiger partial charge in [0.25, 0.3) is 5.91 Å². The van der Waals surface area contributed by atoms with E-state index in [0.717, 1.165) is 15.9 Å². The second-order valence-electron chi connectivity index (χ2n) is 15.8. The number of β-lactam (4-membered cyclic amide) rings is 1. The highest BCUT2D eigenvalue weighted by atomic mass is 31.2. The highest BCUT2D eigenvalue weighted by molar-refractivity contribution is 7.96. The molecule has 1 fully saturated rings. The van der Waals surface area contributed by atoms with Crippen molar-refractivity contribution in [2.24, 2.45) is 5.92 Å². The summed E-state index contributed by atoms with van der Waals surface area (Å²) in [5.74, 6) is -1.70. The van der Waals surface area contributed by atoms with Crippen LogP contribution in [-0.4, -0.2) is 74.6 Å². The van der Waals surface area contributed by atoms with E-state index < -0.39 is 39.2 Å². The minimum atomic E-state index is -3.22. The van der Waals surface area contributed by atoms with Crippen molar-refractivity contribution >= 4 is 65.8 Å². The van der Waals surface area contributed by atoms with Gasteiger partial charge in [-0.1, -0.05) is 124 Å². The second-order valence-corrected chi connectivity index (χ2v) is 23.9. The van der Waals surface area contributed by atoms with Crippen LogP contribution in [0.2, 0.25) is 18.1 Å². The van der Waals surface area contributed by atoms with Crippen LogP contribution in [0, 0.1) is 5.92 Å². The third kappa shape index (κ3) is 7.45. The number of ketones is 1. The number of amides is 2. The number of hydrogen-bond acceptors (Lipinski definition) is 7. The number of ether oxygens (including phenoxy) is 2. The van der Waals surface area contributed by atoms with Gasteiger partial charge in [-0.2, -0.15) is 0 Å². The Balaban J connectivity index is 1.62. The molecule has 11 heteroatoms. The summed E-state index contributed by atoms with van der Waals surface area (Å²) in [5, 5.41) is 2.39. The molecular weight excluding hydrogens is 740 g/mol. The van der Waals surface area contributed by atoms with Crippen LogP contribution in [0.1, 0.15) is 44.5 Å². The maximum atomic E-state index is 15.2. The molecule has 292 valence electrons. The lowest BCUT2D eigenvalue weighted by Crippen LogP contribution is -2.69. The van der Waals surface area contributed by atoms with E-state index in [0.29, 0.717) is 17.0 Å². The molecule has 1 saturated heterocycles. The number of hydrogen-bond donors (Lipinski definition) is 0. The summed E-state index contributed by atoms with van der Waals surface area (Å²) >= 11 is 0. The quantitative estimate of drug-likeness (QED) is 0.0371. The van der Waals surface area contributed by atoms with Gasteiger partial charge in [-0.25, -0.2) is 4.79 Å². The molecule has 4 aromatic rings. The molecule has 0 bridgehead atoms. The first-order valence-corrected chi connectivity index (χ1v) is 23.6. The number of rotatable bonds is 13. The van der Waals surface area contributed by atoms with Gasteiger partial charge in [-0.05, 0) is 59.2 Å². The Bertz CT molecular complexity index is 2080. The number of esters is 1. The van der Waals surface area contributed by atoms with Crippen LogP contribution in [0.3, 0.4) is 0 Å². The van der Waals surface area contributed by atoms with Crippen molar-refractivity contribution in [1.29, 1.82) is 0 Å². The second kappa shape index (κ2) is 16.2. The average molecular weight is 791 g/mol. The number of carbonyl (C=O) groups excluding carboxylic acids is 4. The van der Waals surface area contributed by atoms with Crippen LogP contribution in [0.15, 0.2) is 122 Å². The molecule has 0 unspecified atom stereocenters. The Morgan fingerprint density at radius 2 is 1.45 bits per heavy atom. The summed E-state index contributed by atoms with van der Waals surface area (Å²) in [5.41, 5.74) is 1.03. The molecule has 0 N–H and O–H groups in total. The highest BCUT2D eigenvalue weighted by Crippen LogP contribution is 2.51. The minimum absolute atomic E-state index is 0.0793. The molecule has 0 aliphatic carbocycles. The van der Waals surface area contributed by atoms with E-state index in [9.17, 15) is 14.4 Å². The fourth-order valence-corrected chi connectivity index (χ4v) is 13.2. The SMILES string of the molecule is C=CCOC(=O)C(N1C(=O)[C@H]([C@@H](C)O[Si](C)(C)C(C)(C)C)[C@H]1CC(=O)c1ccc2c(c1)N(C)C(=O)CO2)=P(c1ccccc1)(c1ccccc1)c1ccccc1. The molecule has 4 aromatic carbocycles. The molecule has 0 radical (unpaired) electrons. The number of likely N-dealkylation sites (tertiary alicyclic amines) is 1. The Labute approximate surface area is 331 Å². The normalized spacial score (nSPS) is 17.6. The van der Waals surface area contributed by atoms with Gasteiger partial charge in [0.1, 0.15) is 17.8 Å². The number of likely N-dealkylation sites (N-methyl/N-ethyl adjacent to an activating group) is 1. The van der Waals surface area contributed by atoms with Gasteiger partial charge in [0, 0.05) is 25.9 Å². The first-order chi connectivity index (χ1) is 26.6. The van der Waals surface area contributed by atoms with Gasteiger partial charge >= 0.3 is 5.97 Å². The zero-order valence-electron chi connectivity index (χ0n) is 33.2. The largest absolute Gasteiger partial charge is 0.482 e. The summed E-state index contributed by atoms with van der Waals surface area (Å²) in [4.78, 5) is 60.3. The smallest absolute Gasteiger partial charge is 0.356 e. The first kappa shape index (κ1) is 40.6. The Morgan fingerprint density at radius 3 is 1.95 bits per heavy atom. The monoisotopic (exact) mass is 790 g/mol. The standard InChI is InChI=1S/C45H51N2O7PSi/c1-9-27-52-44(51)43(55(33-19-13-10-14-20-33,34-21-15-11-16-22-34)35-23-17-12-18-24-35)47-37(41(42(47)50)31(2)54-56(7,8)45(3,4)5)29-38(48)32-25-26-39-36(28-32)46(6)40(49)30-53-39/h9-26,28,31,37,41H,1,27,29-30H2,2-8H3/t31-,37-,41-/m1/s1. The van der Waals surface area contributed by atoms with Crippen molar-refractivity contribution in [1.82, 2.24) is 4.90 Å². The fourth-order valence-electron chi connectivity index (χ4n) is 7.39. The zero-order chi connectivity index (χ0) is 40.4. The Hall–Kier alpha value is -5.02. The molecule has 6 rings (SSSR count). The molecular formula is C45H51N2O7PSi. The predicted octanol–water partition coefficient (Wildman–Crippen LogP) is 6.71. The van der Waals surface area contributed by atoms with Crippen LogP contribution < -0.4 is 25.6 Å². The van der Waals surface area contributed by atoms with Crippen molar-refractivity contribution < 1.29 is 33.1 Å². The van der Waals surface area contributed by atoms with Crippen LogP contribution in [0.25, 0.3) is 0 Å². The molecule has 2 amide bonds. The third-order valence-corrected chi connectivity index (χ3v) is 20.1. The number of carbonyl (C=O) groups is 4. The van der Waals surface area contributed by atoms with E-state index in [-0.39, 0.29) is 47.7 Å². The van der Waals surface area contributed by atoms with Gasteiger partial charge in [-0.15, -0.1) is 0 Å². The number of nitrogens with zero attached hydrogens (tertiary/aromatic N) is 2. The Kier molecular flexibility index (Phi) is 11.8. The minimum Gasteiger partial charge on any atom is -0.482 e. The van der Waals surface area contributed by atoms with Gasteiger partial charge in [0.15, 0.2) is 20.7 Å². The molecule has 0 spiro atoms. The van der Waals surface area contributed by atoms with E-state index in [4.69, 9.17) is 13.9 Å². The average Bonchev–Trinajstić information content (AvgIpc) is 3.18. The van der Waals surface area contributed by atoms with Crippen LogP contribution in [0.4, 0.5) is 5.69 Å². The number of anilines is 1.